The Morgan fingerprint density at radius 3 is 2.71 bits per heavy atom. The molecule has 0 aliphatic carbocycles. The minimum Gasteiger partial charge on any atom is -0.379 e. The number of morpholine rings is 1. The summed E-state index contributed by atoms with van der Waals surface area (Å²) in [6.07, 6.45) is 3.48. The number of nitrogens with zero attached hydrogens (tertiary/aromatic N) is 5. The predicted molar refractivity (Wildman–Crippen MR) is 163 cm³/mol. The van der Waals surface area contributed by atoms with Gasteiger partial charge in [0.25, 0.3) is 0 Å². The zero-order chi connectivity index (χ0) is 29.1. The summed E-state index contributed by atoms with van der Waals surface area (Å²) in [6, 6.07) is 9.78. The van der Waals surface area contributed by atoms with Crippen molar-refractivity contribution < 1.29 is 9.13 Å². The quantitative estimate of drug-likeness (QED) is 0.193. The van der Waals surface area contributed by atoms with Gasteiger partial charge in [-0.15, -0.1) is 16.9 Å². The first-order valence-electron chi connectivity index (χ1n) is 13.2. The number of ether oxygens (including phenoxy) is 1. The van der Waals surface area contributed by atoms with Gasteiger partial charge in [-0.2, -0.15) is 5.26 Å². The molecule has 10 nitrogen and oxygen atoms in total. The van der Waals surface area contributed by atoms with Gasteiger partial charge >= 0.3 is 0 Å². The molecule has 0 bridgehead atoms. The SMILES string of the molecule is N#Cc1cnc2c(Cl)cc(N[C@H](C3=CN(CCN4CCOCC4)NN3)c3cscn3)cc2c1Nc1ccc(F)c(Cl)c1. The number of nitrogens with one attached hydrogen (secondary N) is 4. The number of hydrogen-bond donors (Lipinski definition) is 4. The van der Waals surface area contributed by atoms with E-state index in [2.05, 4.69) is 42.5 Å². The number of nitriles is 1. The molecule has 0 radical (unpaired) electrons. The van der Waals surface area contributed by atoms with Crippen LogP contribution < -0.4 is 21.6 Å². The molecule has 4 heterocycles. The molecular weight excluding hydrogens is 600 g/mol. The molecule has 1 atom stereocenters. The molecule has 2 aliphatic rings. The Morgan fingerprint density at radius 1 is 1.12 bits per heavy atom. The molecule has 6 rings (SSSR count). The van der Waals surface area contributed by atoms with Gasteiger partial charge in [0, 0.05) is 60.7 Å². The van der Waals surface area contributed by atoms with Gasteiger partial charge in [0.1, 0.15) is 17.9 Å². The van der Waals surface area contributed by atoms with Crippen LogP contribution in [0.2, 0.25) is 10.0 Å². The topological polar surface area (TPSA) is 113 Å². The van der Waals surface area contributed by atoms with Crippen molar-refractivity contribution in [2.45, 2.75) is 6.04 Å². The van der Waals surface area contributed by atoms with E-state index in [9.17, 15) is 9.65 Å². The van der Waals surface area contributed by atoms with Crippen LogP contribution in [0, 0.1) is 17.1 Å². The monoisotopic (exact) mass is 625 g/mol. The van der Waals surface area contributed by atoms with Crippen molar-refractivity contribution in [3.05, 3.63) is 86.4 Å². The lowest BCUT2D eigenvalue weighted by Crippen LogP contribution is -2.44. The van der Waals surface area contributed by atoms with Gasteiger partial charge in [0.15, 0.2) is 0 Å². The van der Waals surface area contributed by atoms with Gasteiger partial charge < -0.3 is 20.8 Å². The van der Waals surface area contributed by atoms with Gasteiger partial charge in [-0.3, -0.25) is 14.9 Å². The average Bonchev–Trinajstić information content (AvgIpc) is 3.71. The second-order valence-electron chi connectivity index (χ2n) is 9.73. The third kappa shape index (κ3) is 6.22. The average molecular weight is 627 g/mol. The fourth-order valence-corrected chi connectivity index (χ4v) is 5.86. The molecule has 0 unspecified atom stereocenters. The van der Waals surface area contributed by atoms with Crippen molar-refractivity contribution in [2.24, 2.45) is 0 Å². The van der Waals surface area contributed by atoms with Gasteiger partial charge in [0.05, 0.1) is 56.9 Å². The van der Waals surface area contributed by atoms with E-state index in [1.54, 1.807) is 17.6 Å². The van der Waals surface area contributed by atoms with Gasteiger partial charge in [-0.1, -0.05) is 23.2 Å². The number of anilines is 3. The summed E-state index contributed by atoms with van der Waals surface area (Å²) in [5, 5.41) is 21.6. The highest BCUT2D eigenvalue weighted by Gasteiger charge is 2.25. The van der Waals surface area contributed by atoms with Crippen molar-refractivity contribution in [1.29, 1.82) is 5.26 Å². The Hall–Kier alpha value is -3.70. The first-order valence-corrected chi connectivity index (χ1v) is 14.9. The smallest absolute Gasteiger partial charge is 0.141 e. The van der Waals surface area contributed by atoms with Crippen molar-refractivity contribution >= 4 is 62.5 Å². The lowest BCUT2D eigenvalue weighted by Gasteiger charge is -2.28. The lowest BCUT2D eigenvalue weighted by atomic mass is 10.1. The van der Waals surface area contributed by atoms with Crippen LogP contribution in [0.15, 0.2) is 59.3 Å². The second-order valence-corrected chi connectivity index (χ2v) is 11.3. The summed E-state index contributed by atoms with van der Waals surface area (Å²) in [7, 11) is 0. The molecule has 2 aliphatic heterocycles. The Labute approximate surface area is 255 Å². The maximum absolute atomic E-state index is 13.8. The first kappa shape index (κ1) is 28.4. The number of fused-ring (bicyclic) bond motifs is 1. The maximum atomic E-state index is 13.8. The highest BCUT2D eigenvalue weighted by molar-refractivity contribution is 7.07. The standard InChI is InChI=1S/C28H26Cl2FN9OS/c29-21-10-18(1-2-23(21)31)35-26-17(12-32)13-33-27-20(26)9-19(11-22(27)30)36-28(25-15-42-16-34-25)24-14-40(38-37-24)4-3-39-5-7-41-8-6-39/h1-2,9-11,13-16,28,36-38H,3-8H2,(H,33,35)/t28-/m1/s1. The minimum absolute atomic E-state index is 0.0340. The third-order valence-electron chi connectivity index (χ3n) is 7.00. The fourth-order valence-electron chi connectivity index (χ4n) is 4.83. The molecule has 4 N–H and O–H groups in total. The van der Waals surface area contributed by atoms with E-state index in [0.717, 1.165) is 50.8 Å². The number of pyridine rings is 1. The highest BCUT2D eigenvalue weighted by Crippen LogP contribution is 2.37. The van der Waals surface area contributed by atoms with E-state index in [4.69, 9.17) is 27.9 Å². The largest absolute Gasteiger partial charge is 0.379 e. The van der Waals surface area contributed by atoms with Gasteiger partial charge in [-0.05, 0) is 30.3 Å². The Kier molecular flexibility index (Phi) is 8.57. The van der Waals surface area contributed by atoms with Crippen LogP contribution in [-0.4, -0.2) is 59.3 Å². The lowest BCUT2D eigenvalue weighted by molar-refractivity contribution is 0.0334. The minimum atomic E-state index is -0.533. The predicted octanol–water partition coefficient (Wildman–Crippen LogP) is 5.40. The number of halogens is 3. The van der Waals surface area contributed by atoms with Crippen molar-refractivity contribution in [3.8, 4) is 6.07 Å². The summed E-state index contributed by atoms with van der Waals surface area (Å²) < 4.78 is 19.2. The molecule has 0 spiro atoms. The Balaban J connectivity index is 1.30. The summed E-state index contributed by atoms with van der Waals surface area (Å²) in [6.45, 7) is 5.07. The van der Waals surface area contributed by atoms with Crippen LogP contribution in [0.3, 0.4) is 0 Å². The van der Waals surface area contributed by atoms with Crippen LogP contribution in [0.25, 0.3) is 10.9 Å². The van der Waals surface area contributed by atoms with E-state index in [-0.39, 0.29) is 11.1 Å². The van der Waals surface area contributed by atoms with Gasteiger partial charge in [0.2, 0.25) is 0 Å². The van der Waals surface area contributed by atoms with Crippen molar-refractivity contribution in [1.82, 2.24) is 30.8 Å². The van der Waals surface area contributed by atoms with E-state index in [0.29, 0.717) is 38.6 Å². The zero-order valence-corrected chi connectivity index (χ0v) is 24.5. The molecule has 0 amide bonds. The van der Waals surface area contributed by atoms with Gasteiger partial charge in [-0.25, -0.2) is 9.37 Å². The van der Waals surface area contributed by atoms with Crippen LogP contribution in [0.4, 0.5) is 21.5 Å². The third-order valence-corrected chi connectivity index (χ3v) is 8.19. The van der Waals surface area contributed by atoms with E-state index < -0.39 is 5.82 Å². The van der Waals surface area contributed by atoms with Crippen LogP contribution in [0.1, 0.15) is 17.3 Å². The van der Waals surface area contributed by atoms with E-state index in [1.807, 2.05) is 22.7 Å². The number of benzene rings is 2. The summed E-state index contributed by atoms with van der Waals surface area (Å²) >= 11 is 14.2. The maximum Gasteiger partial charge on any atom is 0.141 e. The molecule has 1 saturated heterocycles. The summed E-state index contributed by atoms with van der Waals surface area (Å²) in [4.78, 5) is 11.4. The summed E-state index contributed by atoms with van der Waals surface area (Å²) in [5.41, 5.74) is 12.5. The highest BCUT2D eigenvalue weighted by atomic mass is 35.5. The van der Waals surface area contributed by atoms with E-state index >= 15 is 0 Å². The number of aromatic nitrogens is 2. The molecule has 0 saturated carbocycles. The number of thiazole rings is 1. The van der Waals surface area contributed by atoms with Crippen LogP contribution in [-0.2, 0) is 4.74 Å². The Bertz CT molecular complexity index is 1660. The molecule has 216 valence electrons. The molecule has 2 aromatic heterocycles. The van der Waals surface area contributed by atoms with Crippen molar-refractivity contribution in [2.75, 3.05) is 50.0 Å². The molecule has 14 heteroatoms. The molecule has 42 heavy (non-hydrogen) atoms. The molecule has 4 aromatic rings. The summed E-state index contributed by atoms with van der Waals surface area (Å²) in [5.74, 6) is -0.533. The van der Waals surface area contributed by atoms with Crippen molar-refractivity contribution in [3.63, 3.8) is 0 Å². The molecule has 1 fully saturated rings. The van der Waals surface area contributed by atoms with Crippen LogP contribution >= 0.6 is 34.5 Å². The number of rotatable bonds is 9. The first-order chi connectivity index (χ1) is 20.5. The number of hydrogen-bond acceptors (Lipinski definition) is 11. The zero-order valence-electron chi connectivity index (χ0n) is 22.2. The molecular formula is C28H26Cl2FN9OS. The van der Waals surface area contributed by atoms with Crippen LogP contribution in [0.5, 0.6) is 0 Å². The second kappa shape index (κ2) is 12.7. The number of hydrazine groups is 2. The fraction of sp³-hybridized carbons (Fsp3) is 0.250. The Morgan fingerprint density at radius 2 is 1.95 bits per heavy atom. The van der Waals surface area contributed by atoms with E-state index in [1.165, 1.54) is 29.7 Å². The normalized spacial score (nSPS) is 16.1. The molecule has 2 aromatic carbocycles.